The first-order valence-electron chi connectivity index (χ1n) is 7.55. The Morgan fingerprint density at radius 1 is 1.35 bits per heavy atom. The van der Waals surface area contributed by atoms with Crippen molar-refractivity contribution in [1.82, 2.24) is 4.98 Å². The van der Waals surface area contributed by atoms with Crippen molar-refractivity contribution in [2.75, 3.05) is 4.90 Å². The molecule has 0 unspecified atom stereocenters. The van der Waals surface area contributed by atoms with Crippen LogP contribution < -0.4 is 4.90 Å². The molecule has 1 fully saturated rings. The number of hydrogen-bond acceptors (Lipinski definition) is 3. The molecule has 0 spiro atoms. The molecular weight excluding hydrogens is 252 g/mol. The van der Waals surface area contributed by atoms with Crippen molar-refractivity contribution in [2.45, 2.75) is 65.0 Å². The summed E-state index contributed by atoms with van der Waals surface area (Å²) >= 11 is 0. The maximum atomic E-state index is 11.3. The fourth-order valence-corrected chi connectivity index (χ4v) is 3.08. The highest BCUT2D eigenvalue weighted by atomic mass is 16.4. The Balaban J connectivity index is 2.40. The Morgan fingerprint density at radius 2 is 2.00 bits per heavy atom. The van der Waals surface area contributed by atoms with Crippen LogP contribution in [0.25, 0.3) is 0 Å². The molecule has 4 nitrogen and oxygen atoms in total. The predicted octanol–water partition coefficient (Wildman–Crippen LogP) is 3.50. The summed E-state index contributed by atoms with van der Waals surface area (Å²) in [6.07, 6.45) is 5.32. The number of carboxylic acids is 1. The Bertz CT molecular complexity index is 477. The number of hydrogen-bond donors (Lipinski definition) is 1. The van der Waals surface area contributed by atoms with Crippen LogP contribution in [0, 0.1) is 0 Å². The summed E-state index contributed by atoms with van der Waals surface area (Å²) in [4.78, 5) is 18.3. The maximum absolute atomic E-state index is 11.3. The third-order valence-corrected chi connectivity index (χ3v) is 4.08. The number of rotatable bonds is 4. The average molecular weight is 276 g/mol. The number of nitrogens with zero attached hydrogens (tertiary/aromatic N) is 2. The lowest BCUT2D eigenvalue weighted by atomic mass is 9.97. The molecule has 4 heteroatoms. The van der Waals surface area contributed by atoms with Gasteiger partial charge >= 0.3 is 5.97 Å². The fraction of sp³-hybridized carbons (Fsp3) is 0.625. The third-order valence-electron chi connectivity index (χ3n) is 4.08. The zero-order chi connectivity index (χ0) is 14.7. The van der Waals surface area contributed by atoms with Crippen molar-refractivity contribution in [3.8, 4) is 0 Å². The van der Waals surface area contributed by atoms with Gasteiger partial charge in [-0.2, -0.15) is 0 Å². The van der Waals surface area contributed by atoms with Crippen LogP contribution in [-0.4, -0.2) is 28.1 Å². The lowest BCUT2D eigenvalue weighted by Gasteiger charge is -2.40. The van der Waals surface area contributed by atoms with Crippen LogP contribution in [0.1, 0.15) is 62.5 Å². The van der Waals surface area contributed by atoms with Crippen LogP contribution >= 0.6 is 0 Å². The molecule has 1 aromatic rings. The molecule has 2 atom stereocenters. The molecule has 2 heterocycles. The standard InChI is InChI=1S/C16H24N2O2/c1-4-6-14-9-13(16(19)20)10-15(17-14)18-11(2)7-5-8-12(18)3/h9-12H,4-8H2,1-3H3,(H,19,20)/t11-,12+. The molecule has 0 aliphatic carbocycles. The molecule has 20 heavy (non-hydrogen) atoms. The highest BCUT2D eigenvalue weighted by Crippen LogP contribution is 2.28. The number of carbonyl (C=O) groups is 1. The van der Waals surface area contributed by atoms with E-state index in [9.17, 15) is 9.90 Å². The lowest BCUT2D eigenvalue weighted by Crippen LogP contribution is -2.44. The van der Waals surface area contributed by atoms with Crippen molar-refractivity contribution in [3.63, 3.8) is 0 Å². The molecule has 1 aromatic heterocycles. The number of aryl methyl sites for hydroxylation is 1. The van der Waals surface area contributed by atoms with E-state index in [0.29, 0.717) is 17.6 Å². The minimum absolute atomic E-state index is 0.350. The van der Waals surface area contributed by atoms with Crippen molar-refractivity contribution < 1.29 is 9.90 Å². The van der Waals surface area contributed by atoms with Crippen molar-refractivity contribution in [1.29, 1.82) is 0 Å². The van der Waals surface area contributed by atoms with Crippen LogP contribution in [0.15, 0.2) is 12.1 Å². The Morgan fingerprint density at radius 3 is 2.55 bits per heavy atom. The summed E-state index contributed by atoms with van der Waals surface area (Å²) in [5.41, 5.74) is 1.23. The maximum Gasteiger partial charge on any atom is 0.335 e. The monoisotopic (exact) mass is 276 g/mol. The van der Waals surface area contributed by atoms with E-state index >= 15 is 0 Å². The highest BCUT2D eigenvalue weighted by molar-refractivity contribution is 5.88. The zero-order valence-corrected chi connectivity index (χ0v) is 12.6. The number of aromatic carboxylic acids is 1. The molecule has 2 rings (SSSR count). The second kappa shape index (κ2) is 6.25. The number of piperidine rings is 1. The normalized spacial score (nSPS) is 22.9. The topological polar surface area (TPSA) is 53.4 Å². The predicted molar refractivity (Wildman–Crippen MR) is 80.4 cm³/mol. The van der Waals surface area contributed by atoms with E-state index in [2.05, 4.69) is 25.7 Å². The summed E-state index contributed by atoms with van der Waals surface area (Å²) in [5, 5.41) is 9.29. The van der Waals surface area contributed by atoms with E-state index in [1.54, 1.807) is 12.1 Å². The van der Waals surface area contributed by atoms with E-state index < -0.39 is 5.97 Å². The van der Waals surface area contributed by atoms with Crippen molar-refractivity contribution in [3.05, 3.63) is 23.4 Å². The van der Waals surface area contributed by atoms with E-state index in [0.717, 1.165) is 37.2 Å². The first kappa shape index (κ1) is 14.8. The Labute approximate surface area is 120 Å². The van der Waals surface area contributed by atoms with Gasteiger partial charge in [0.05, 0.1) is 5.56 Å². The number of carboxylic acid groups (broad SMARTS) is 1. The fourth-order valence-electron chi connectivity index (χ4n) is 3.08. The summed E-state index contributed by atoms with van der Waals surface area (Å²) < 4.78 is 0. The van der Waals surface area contributed by atoms with Crippen LogP contribution in [0.2, 0.25) is 0 Å². The summed E-state index contributed by atoms with van der Waals surface area (Å²) in [5.74, 6) is -0.0450. The van der Waals surface area contributed by atoms with Crippen LogP contribution in [0.4, 0.5) is 5.82 Å². The van der Waals surface area contributed by atoms with Crippen molar-refractivity contribution >= 4 is 11.8 Å². The summed E-state index contributed by atoms with van der Waals surface area (Å²) in [6, 6.07) is 4.27. The third kappa shape index (κ3) is 3.11. The van der Waals surface area contributed by atoms with Gasteiger partial charge in [0.25, 0.3) is 0 Å². The molecule has 0 bridgehead atoms. The zero-order valence-electron chi connectivity index (χ0n) is 12.6. The van der Waals surface area contributed by atoms with Gasteiger partial charge in [-0.1, -0.05) is 13.3 Å². The van der Waals surface area contributed by atoms with Gasteiger partial charge in [-0.3, -0.25) is 0 Å². The number of pyridine rings is 1. The van der Waals surface area contributed by atoms with Crippen LogP contribution in [0.3, 0.4) is 0 Å². The average Bonchev–Trinajstić information content (AvgIpc) is 2.38. The molecule has 1 N–H and O–H groups in total. The molecule has 0 amide bonds. The van der Waals surface area contributed by atoms with Gasteiger partial charge < -0.3 is 10.0 Å². The first-order valence-corrected chi connectivity index (χ1v) is 7.55. The van der Waals surface area contributed by atoms with Gasteiger partial charge in [0.1, 0.15) is 5.82 Å². The van der Waals surface area contributed by atoms with Gasteiger partial charge in [0, 0.05) is 17.8 Å². The van der Waals surface area contributed by atoms with Crippen LogP contribution in [-0.2, 0) is 6.42 Å². The minimum atomic E-state index is -0.872. The van der Waals surface area contributed by atoms with E-state index in [-0.39, 0.29) is 0 Å². The van der Waals surface area contributed by atoms with Crippen molar-refractivity contribution in [2.24, 2.45) is 0 Å². The molecule has 1 aliphatic heterocycles. The van der Waals surface area contributed by atoms with E-state index in [1.165, 1.54) is 6.42 Å². The number of anilines is 1. The van der Waals surface area contributed by atoms with Gasteiger partial charge in [-0.05, 0) is 51.7 Å². The summed E-state index contributed by atoms with van der Waals surface area (Å²) in [7, 11) is 0. The largest absolute Gasteiger partial charge is 0.478 e. The number of aromatic nitrogens is 1. The van der Waals surface area contributed by atoms with E-state index in [1.807, 2.05) is 0 Å². The second-order valence-corrected chi connectivity index (χ2v) is 5.80. The quantitative estimate of drug-likeness (QED) is 0.914. The highest BCUT2D eigenvalue weighted by Gasteiger charge is 2.26. The van der Waals surface area contributed by atoms with Gasteiger partial charge in [-0.25, -0.2) is 9.78 Å². The molecular formula is C16H24N2O2. The summed E-state index contributed by atoms with van der Waals surface area (Å²) in [6.45, 7) is 6.48. The van der Waals surface area contributed by atoms with E-state index in [4.69, 9.17) is 4.98 Å². The molecule has 0 aromatic carbocycles. The van der Waals surface area contributed by atoms with Gasteiger partial charge in [-0.15, -0.1) is 0 Å². The molecule has 1 aliphatic rings. The first-order chi connectivity index (χ1) is 9.52. The minimum Gasteiger partial charge on any atom is -0.478 e. The molecule has 110 valence electrons. The molecule has 1 saturated heterocycles. The molecule has 0 radical (unpaired) electrons. The van der Waals surface area contributed by atoms with Crippen LogP contribution in [0.5, 0.6) is 0 Å². The van der Waals surface area contributed by atoms with Gasteiger partial charge in [0.15, 0.2) is 0 Å². The Kier molecular flexibility index (Phi) is 4.63. The Hall–Kier alpha value is -1.58. The lowest BCUT2D eigenvalue weighted by molar-refractivity contribution is 0.0696. The SMILES string of the molecule is CCCc1cc(C(=O)O)cc(N2[C@H](C)CCC[C@@H]2C)n1. The second-order valence-electron chi connectivity index (χ2n) is 5.80. The molecule has 0 saturated carbocycles. The van der Waals surface area contributed by atoms with Gasteiger partial charge in [0.2, 0.25) is 0 Å². The smallest absolute Gasteiger partial charge is 0.335 e.